The van der Waals surface area contributed by atoms with Gasteiger partial charge < -0.3 is 13.9 Å². The lowest BCUT2D eigenvalue weighted by Crippen LogP contribution is -2.11. The highest BCUT2D eigenvalue weighted by Gasteiger charge is 2.22. The average molecular weight is 653 g/mol. The van der Waals surface area contributed by atoms with Crippen molar-refractivity contribution in [3.05, 3.63) is 194 Å². The molecule has 3 nitrogen and oxygen atoms in total. The van der Waals surface area contributed by atoms with Crippen LogP contribution in [-0.2, 0) is 0 Å². The molecule has 0 aliphatic heterocycles. The molecule has 0 aliphatic carbocycles. The molecule has 3 heteroatoms. The Morgan fingerprint density at radius 3 is 1.76 bits per heavy atom. The molecule has 240 valence electrons. The monoisotopic (exact) mass is 652 g/mol. The lowest BCUT2D eigenvalue weighted by Gasteiger charge is -2.28. The summed E-state index contributed by atoms with van der Waals surface area (Å²) >= 11 is 0. The Morgan fingerprint density at radius 2 is 0.980 bits per heavy atom. The SMILES string of the molecule is c1ccc(-c2ccccc2N(c2ccc3c(c2)oc2ccccc23)c2ccc3c4c(-c5ccccc5)cccc4n(-c4ccccc4)c3c2)cc1. The van der Waals surface area contributed by atoms with Crippen molar-refractivity contribution in [2.24, 2.45) is 0 Å². The van der Waals surface area contributed by atoms with E-state index in [1.165, 1.54) is 27.4 Å². The second kappa shape index (κ2) is 11.9. The zero-order valence-electron chi connectivity index (χ0n) is 27.8. The first-order valence-corrected chi connectivity index (χ1v) is 17.4. The lowest BCUT2D eigenvalue weighted by atomic mass is 9.99. The molecule has 0 atom stereocenters. The maximum atomic E-state index is 6.44. The van der Waals surface area contributed by atoms with Crippen molar-refractivity contribution in [1.82, 2.24) is 4.57 Å². The standard InChI is InChI=1S/C48H32N2O/c1-4-15-33(16-5-1)38-21-10-12-24-43(38)49(37-27-29-41-40-22-11-13-26-46(40)51-47(41)32-37)36-28-30-42-45(31-36)50(35-19-8-3-9-20-35)44-25-14-23-39(48(42)44)34-17-6-2-7-18-34/h1-32H. The minimum Gasteiger partial charge on any atom is -0.456 e. The molecular weight excluding hydrogens is 621 g/mol. The van der Waals surface area contributed by atoms with Crippen LogP contribution < -0.4 is 4.90 Å². The summed E-state index contributed by atoms with van der Waals surface area (Å²) in [7, 11) is 0. The van der Waals surface area contributed by atoms with Crippen molar-refractivity contribution in [1.29, 1.82) is 0 Å². The molecule has 0 amide bonds. The number of hydrogen-bond donors (Lipinski definition) is 0. The summed E-state index contributed by atoms with van der Waals surface area (Å²) in [5.74, 6) is 0. The molecule has 2 heterocycles. The van der Waals surface area contributed by atoms with E-state index in [0.717, 1.165) is 61.3 Å². The summed E-state index contributed by atoms with van der Waals surface area (Å²) in [5, 5.41) is 4.69. The Morgan fingerprint density at radius 1 is 0.392 bits per heavy atom. The molecule has 8 aromatic carbocycles. The summed E-state index contributed by atoms with van der Waals surface area (Å²) in [6.07, 6.45) is 0. The van der Waals surface area contributed by atoms with Gasteiger partial charge in [0.15, 0.2) is 0 Å². The van der Waals surface area contributed by atoms with Crippen molar-refractivity contribution >= 4 is 60.8 Å². The highest BCUT2D eigenvalue weighted by molar-refractivity contribution is 6.16. The number of benzene rings is 8. The van der Waals surface area contributed by atoms with Crippen molar-refractivity contribution in [2.75, 3.05) is 4.90 Å². The van der Waals surface area contributed by atoms with Gasteiger partial charge in [-0.05, 0) is 71.3 Å². The molecule has 0 spiro atoms. The summed E-state index contributed by atoms with van der Waals surface area (Å²) < 4.78 is 8.85. The Kier molecular flexibility index (Phi) is 6.81. The maximum Gasteiger partial charge on any atom is 0.137 e. The number of fused-ring (bicyclic) bond motifs is 6. The zero-order valence-corrected chi connectivity index (χ0v) is 27.8. The molecule has 10 aromatic rings. The van der Waals surface area contributed by atoms with Gasteiger partial charge in [0, 0.05) is 50.2 Å². The van der Waals surface area contributed by atoms with Crippen molar-refractivity contribution in [3.8, 4) is 27.9 Å². The largest absolute Gasteiger partial charge is 0.456 e. The zero-order chi connectivity index (χ0) is 33.7. The van der Waals surface area contributed by atoms with Gasteiger partial charge in [0.2, 0.25) is 0 Å². The fourth-order valence-corrected chi connectivity index (χ4v) is 7.72. The number of rotatable bonds is 6. The van der Waals surface area contributed by atoms with Gasteiger partial charge >= 0.3 is 0 Å². The van der Waals surface area contributed by atoms with Gasteiger partial charge in [-0.1, -0.05) is 133 Å². The van der Waals surface area contributed by atoms with E-state index in [1.54, 1.807) is 0 Å². The fraction of sp³-hybridized carbons (Fsp3) is 0. The third-order valence-corrected chi connectivity index (χ3v) is 9.98. The van der Waals surface area contributed by atoms with Crippen molar-refractivity contribution in [2.45, 2.75) is 0 Å². The van der Waals surface area contributed by atoms with Gasteiger partial charge in [0.1, 0.15) is 11.2 Å². The van der Waals surface area contributed by atoms with E-state index in [9.17, 15) is 0 Å². The summed E-state index contributed by atoms with van der Waals surface area (Å²) in [6, 6.07) is 69.1. The topological polar surface area (TPSA) is 21.3 Å². The Labute approximate surface area is 295 Å². The van der Waals surface area contributed by atoms with Crippen LogP contribution >= 0.6 is 0 Å². The van der Waals surface area contributed by atoms with E-state index in [1.807, 2.05) is 12.1 Å². The number of furan rings is 1. The predicted octanol–water partition coefficient (Wildman–Crippen LogP) is 13.5. The van der Waals surface area contributed by atoms with Gasteiger partial charge in [-0.15, -0.1) is 0 Å². The number of hydrogen-bond acceptors (Lipinski definition) is 2. The molecule has 0 fully saturated rings. The predicted molar refractivity (Wildman–Crippen MR) is 214 cm³/mol. The van der Waals surface area contributed by atoms with E-state index in [4.69, 9.17) is 4.42 Å². The highest BCUT2D eigenvalue weighted by atomic mass is 16.3. The minimum atomic E-state index is 0.864. The normalized spacial score (nSPS) is 11.5. The minimum absolute atomic E-state index is 0.864. The Balaban J connectivity index is 1.27. The van der Waals surface area contributed by atoms with Crippen LogP contribution in [0.3, 0.4) is 0 Å². The number of nitrogens with zero attached hydrogens (tertiary/aromatic N) is 2. The van der Waals surface area contributed by atoms with Gasteiger partial charge in [-0.3, -0.25) is 0 Å². The van der Waals surface area contributed by atoms with E-state index >= 15 is 0 Å². The molecule has 0 radical (unpaired) electrons. The second-order valence-electron chi connectivity index (χ2n) is 12.9. The van der Waals surface area contributed by atoms with Crippen LogP contribution in [0.15, 0.2) is 199 Å². The van der Waals surface area contributed by atoms with E-state index in [-0.39, 0.29) is 0 Å². The molecular formula is C48H32N2O. The summed E-state index contributed by atoms with van der Waals surface area (Å²) in [6.45, 7) is 0. The molecule has 2 aromatic heterocycles. The number of aromatic nitrogens is 1. The molecule has 0 bridgehead atoms. The lowest BCUT2D eigenvalue weighted by molar-refractivity contribution is 0.669. The summed E-state index contributed by atoms with van der Waals surface area (Å²) in [4.78, 5) is 2.37. The first-order valence-electron chi connectivity index (χ1n) is 17.4. The molecule has 0 aliphatic rings. The Hall–Kier alpha value is -6.84. The average Bonchev–Trinajstić information content (AvgIpc) is 3.74. The van der Waals surface area contributed by atoms with E-state index < -0.39 is 0 Å². The Bertz CT molecular complexity index is 2850. The molecule has 0 N–H and O–H groups in total. The van der Waals surface area contributed by atoms with E-state index in [0.29, 0.717) is 0 Å². The smallest absolute Gasteiger partial charge is 0.137 e. The van der Waals surface area contributed by atoms with Crippen LogP contribution in [-0.4, -0.2) is 4.57 Å². The molecule has 0 saturated carbocycles. The molecule has 51 heavy (non-hydrogen) atoms. The first-order chi connectivity index (χ1) is 25.3. The molecule has 10 rings (SSSR count). The third kappa shape index (κ3) is 4.82. The fourth-order valence-electron chi connectivity index (χ4n) is 7.72. The number of anilines is 3. The number of para-hydroxylation sites is 3. The van der Waals surface area contributed by atoms with Crippen LogP contribution in [0.1, 0.15) is 0 Å². The quantitative estimate of drug-likeness (QED) is 0.178. The van der Waals surface area contributed by atoms with Crippen LogP contribution in [0, 0.1) is 0 Å². The second-order valence-corrected chi connectivity index (χ2v) is 12.9. The van der Waals surface area contributed by atoms with Crippen molar-refractivity contribution < 1.29 is 4.42 Å². The van der Waals surface area contributed by atoms with Crippen LogP contribution in [0.25, 0.3) is 71.7 Å². The third-order valence-electron chi connectivity index (χ3n) is 9.98. The molecule has 0 saturated heterocycles. The van der Waals surface area contributed by atoms with Crippen LogP contribution in [0.2, 0.25) is 0 Å². The first kappa shape index (κ1) is 29.1. The van der Waals surface area contributed by atoms with E-state index in [2.05, 4.69) is 191 Å². The van der Waals surface area contributed by atoms with Crippen LogP contribution in [0.5, 0.6) is 0 Å². The van der Waals surface area contributed by atoms with Gasteiger partial charge in [0.05, 0.1) is 16.7 Å². The van der Waals surface area contributed by atoms with Crippen molar-refractivity contribution in [3.63, 3.8) is 0 Å². The van der Waals surface area contributed by atoms with Gasteiger partial charge in [0.25, 0.3) is 0 Å². The maximum absolute atomic E-state index is 6.44. The van der Waals surface area contributed by atoms with Crippen LogP contribution in [0.4, 0.5) is 17.1 Å². The molecule has 0 unspecified atom stereocenters. The van der Waals surface area contributed by atoms with Gasteiger partial charge in [-0.2, -0.15) is 0 Å². The summed E-state index contributed by atoms with van der Waals surface area (Å²) in [5.41, 5.74) is 13.1. The highest BCUT2D eigenvalue weighted by Crippen LogP contribution is 2.45. The van der Waals surface area contributed by atoms with Gasteiger partial charge in [-0.25, -0.2) is 0 Å².